The van der Waals surface area contributed by atoms with Crippen LogP contribution in [-0.2, 0) is 11.2 Å². The fourth-order valence-electron chi connectivity index (χ4n) is 2.98. The van der Waals surface area contributed by atoms with Crippen LogP contribution in [0.5, 0.6) is 5.75 Å². The molecule has 1 heterocycles. The van der Waals surface area contributed by atoms with Crippen LogP contribution in [0.2, 0.25) is 0 Å². The number of rotatable bonds is 6. The number of carbonyl (C=O) groups excluding carboxylic acids is 1. The predicted molar refractivity (Wildman–Crippen MR) is 100 cm³/mol. The van der Waals surface area contributed by atoms with Crippen LogP contribution < -0.4 is 15.1 Å². The summed E-state index contributed by atoms with van der Waals surface area (Å²) in [7, 11) is 0. The molecule has 0 bridgehead atoms. The van der Waals surface area contributed by atoms with Gasteiger partial charge < -0.3 is 9.64 Å². The number of hydrazone groups is 1. The highest BCUT2D eigenvalue weighted by atomic mass is 16.5. The van der Waals surface area contributed by atoms with Gasteiger partial charge in [0.05, 0.1) is 19.4 Å². The minimum atomic E-state index is -0.112. The monoisotopic (exact) mass is 337 g/mol. The average molecular weight is 337 g/mol. The Hall–Kier alpha value is -2.82. The molecule has 25 heavy (non-hydrogen) atoms. The summed E-state index contributed by atoms with van der Waals surface area (Å²) in [6, 6.07) is 15.8. The first-order chi connectivity index (χ1) is 12.3. The molecular formula is C20H23N3O2. The zero-order valence-corrected chi connectivity index (χ0v) is 14.4. The molecule has 0 unspecified atom stereocenters. The number of aryl methyl sites for hydroxylation is 1. The summed E-state index contributed by atoms with van der Waals surface area (Å²) in [6.45, 7) is 3.80. The van der Waals surface area contributed by atoms with Crippen LogP contribution in [0.4, 0.5) is 5.69 Å². The van der Waals surface area contributed by atoms with Crippen molar-refractivity contribution in [1.82, 2.24) is 5.43 Å². The Morgan fingerprint density at radius 1 is 1.24 bits per heavy atom. The maximum absolute atomic E-state index is 12.2. The van der Waals surface area contributed by atoms with Crippen molar-refractivity contribution in [3.63, 3.8) is 0 Å². The molecule has 5 nitrogen and oxygen atoms in total. The Balaban J connectivity index is 1.53. The van der Waals surface area contributed by atoms with Gasteiger partial charge in [0.2, 0.25) is 0 Å². The number of amides is 1. The first-order valence-corrected chi connectivity index (χ1v) is 8.64. The molecule has 130 valence electrons. The van der Waals surface area contributed by atoms with E-state index in [0.717, 1.165) is 36.4 Å². The second-order valence-electron chi connectivity index (χ2n) is 5.95. The lowest BCUT2D eigenvalue weighted by Gasteiger charge is -2.30. The van der Waals surface area contributed by atoms with E-state index in [4.69, 9.17) is 4.74 Å². The van der Waals surface area contributed by atoms with E-state index < -0.39 is 0 Å². The number of para-hydroxylation sites is 1. The first-order valence-electron chi connectivity index (χ1n) is 8.64. The average Bonchev–Trinajstić information content (AvgIpc) is 2.64. The van der Waals surface area contributed by atoms with Gasteiger partial charge in [-0.1, -0.05) is 18.2 Å². The summed E-state index contributed by atoms with van der Waals surface area (Å²) in [5.41, 5.74) is 5.97. The molecule has 0 fully saturated rings. The number of benzene rings is 2. The maximum Gasteiger partial charge on any atom is 0.259 e. The van der Waals surface area contributed by atoms with Crippen LogP contribution in [0.1, 0.15) is 24.5 Å². The molecule has 1 aliphatic heterocycles. The topological polar surface area (TPSA) is 53.9 Å². The Kier molecular flexibility index (Phi) is 5.67. The first kappa shape index (κ1) is 17.0. The van der Waals surface area contributed by atoms with Gasteiger partial charge in [0, 0.05) is 12.2 Å². The molecule has 0 spiro atoms. The predicted octanol–water partition coefficient (Wildman–Crippen LogP) is 2.99. The third-order valence-electron chi connectivity index (χ3n) is 4.13. The summed E-state index contributed by atoms with van der Waals surface area (Å²) in [5.74, 6) is 0.714. The lowest BCUT2D eigenvalue weighted by atomic mass is 10.0. The van der Waals surface area contributed by atoms with Gasteiger partial charge in [-0.25, -0.2) is 5.43 Å². The summed E-state index contributed by atoms with van der Waals surface area (Å²) in [6.07, 6.45) is 3.78. The van der Waals surface area contributed by atoms with Gasteiger partial charge in [-0.15, -0.1) is 0 Å². The lowest BCUT2D eigenvalue weighted by Crippen LogP contribution is -2.38. The number of fused-ring (bicyclic) bond motifs is 1. The molecule has 5 heteroatoms. The molecule has 2 aromatic carbocycles. The van der Waals surface area contributed by atoms with Gasteiger partial charge >= 0.3 is 0 Å². The third kappa shape index (κ3) is 4.59. The maximum atomic E-state index is 12.2. The van der Waals surface area contributed by atoms with Gasteiger partial charge in [0.1, 0.15) is 5.75 Å². The van der Waals surface area contributed by atoms with Gasteiger partial charge in [0.15, 0.2) is 0 Å². The number of hydrogen-bond donors (Lipinski definition) is 1. The van der Waals surface area contributed by atoms with Crippen molar-refractivity contribution in [2.24, 2.45) is 5.10 Å². The molecule has 1 N–H and O–H groups in total. The van der Waals surface area contributed by atoms with Crippen LogP contribution in [0, 0.1) is 0 Å². The largest absolute Gasteiger partial charge is 0.494 e. The molecule has 0 saturated carbocycles. The van der Waals surface area contributed by atoms with Crippen molar-refractivity contribution < 1.29 is 9.53 Å². The molecule has 0 aromatic heterocycles. The molecule has 1 aliphatic rings. The standard InChI is InChI=1S/C20H23N3O2/c1-2-25-18-11-9-16(10-12-18)14-21-22-20(24)15-23-13-5-7-17-6-3-4-8-19(17)23/h3-4,6,8-12,14H,2,5,7,13,15H2,1H3,(H,22,24)/b21-14-. The molecule has 1 amide bonds. The van der Waals surface area contributed by atoms with Crippen molar-refractivity contribution in [3.8, 4) is 5.75 Å². The number of nitrogens with zero attached hydrogens (tertiary/aromatic N) is 2. The minimum Gasteiger partial charge on any atom is -0.494 e. The summed E-state index contributed by atoms with van der Waals surface area (Å²) in [5, 5.41) is 4.05. The third-order valence-corrected chi connectivity index (χ3v) is 4.13. The van der Waals surface area contributed by atoms with Crippen molar-refractivity contribution in [2.75, 3.05) is 24.6 Å². The molecule has 0 radical (unpaired) electrons. The van der Waals surface area contributed by atoms with E-state index in [1.807, 2.05) is 43.3 Å². The zero-order valence-electron chi connectivity index (χ0n) is 14.4. The van der Waals surface area contributed by atoms with E-state index in [1.165, 1.54) is 5.56 Å². The molecule has 3 rings (SSSR count). The lowest BCUT2D eigenvalue weighted by molar-refractivity contribution is -0.119. The highest BCUT2D eigenvalue weighted by Gasteiger charge is 2.18. The van der Waals surface area contributed by atoms with Gasteiger partial charge in [-0.3, -0.25) is 4.79 Å². The van der Waals surface area contributed by atoms with Crippen molar-refractivity contribution in [3.05, 3.63) is 59.7 Å². The quantitative estimate of drug-likeness (QED) is 0.651. The molecule has 0 atom stereocenters. The number of carbonyl (C=O) groups is 1. The van der Waals surface area contributed by atoms with E-state index in [9.17, 15) is 4.79 Å². The normalized spacial score (nSPS) is 13.6. The smallest absolute Gasteiger partial charge is 0.259 e. The number of ether oxygens (including phenoxy) is 1. The molecule has 0 aliphatic carbocycles. The van der Waals surface area contributed by atoms with E-state index in [2.05, 4.69) is 27.6 Å². The van der Waals surface area contributed by atoms with Gasteiger partial charge in [-0.05, 0) is 61.2 Å². The van der Waals surface area contributed by atoms with Crippen LogP contribution in [0.25, 0.3) is 0 Å². The van der Waals surface area contributed by atoms with Gasteiger partial charge in [-0.2, -0.15) is 5.10 Å². The minimum absolute atomic E-state index is 0.112. The van der Waals surface area contributed by atoms with Gasteiger partial charge in [0.25, 0.3) is 5.91 Å². The second kappa shape index (κ2) is 8.33. The molecule has 0 saturated heterocycles. The van der Waals surface area contributed by atoms with Crippen LogP contribution >= 0.6 is 0 Å². The fraction of sp³-hybridized carbons (Fsp3) is 0.300. The van der Waals surface area contributed by atoms with Crippen LogP contribution in [0.3, 0.4) is 0 Å². The van der Waals surface area contributed by atoms with E-state index in [1.54, 1.807) is 6.21 Å². The molecular weight excluding hydrogens is 314 g/mol. The summed E-state index contributed by atoms with van der Waals surface area (Å²) >= 11 is 0. The van der Waals surface area contributed by atoms with E-state index in [-0.39, 0.29) is 5.91 Å². The second-order valence-corrected chi connectivity index (χ2v) is 5.95. The number of nitrogens with one attached hydrogen (secondary N) is 1. The fourth-order valence-corrected chi connectivity index (χ4v) is 2.98. The van der Waals surface area contributed by atoms with Crippen molar-refractivity contribution in [1.29, 1.82) is 0 Å². The van der Waals surface area contributed by atoms with E-state index in [0.29, 0.717) is 13.2 Å². The number of anilines is 1. The van der Waals surface area contributed by atoms with Crippen LogP contribution in [0.15, 0.2) is 53.6 Å². The highest BCUT2D eigenvalue weighted by molar-refractivity contribution is 5.85. The zero-order chi connectivity index (χ0) is 17.5. The highest BCUT2D eigenvalue weighted by Crippen LogP contribution is 2.26. The Morgan fingerprint density at radius 2 is 2.04 bits per heavy atom. The SMILES string of the molecule is CCOc1ccc(/C=N\NC(=O)CN2CCCc3ccccc32)cc1. The number of hydrogen-bond acceptors (Lipinski definition) is 4. The summed E-state index contributed by atoms with van der Waals surface area (Å²) in [4.78, 5) is 14.3. The van der Waals surface area contributed by atoms with Crippen molar-refractivity contribution in [2.45, 2.75) is 19.8 Å². The van der Waals surface area contributed by atoms with E-state index >= 15 is 0 Å². The Bertz CT molecular complexity index is 741. The Labute approximate surface area is 148 Å². The summed E-state index contributed by atoms with van der Waals surface area (Å²) < 4.78 is 5.40. The Morgan fingerprint density at radius 3 is 2.84 bits per heavy atom. The van der Waals surface area contributed by atoms with Crippen LogP contribution in [-0.4, -0.2) is 31.8 Å². The molecule has 2 aromatic rings. The van der Waals surface area contributed by atoms with Crippen molar-refractivity contribution >= 4 is 17.8 Å².